The lowest BCUT2D eigenvalue weighted by Crippen LogP contribution is -1.95. The van der Waals surface area contributed by atoms with Crippen LogP contribution < -0.4 is 0 Å². The van der Waals surface area contributed by atoms with E-state index in [9.17, 15) is 0 Å². The number of rotatable bonds is 2. The highest BCUT2D eigenvalue weighted by atomic mass is 15.0. The van der Waals surface area contributed by atoms with Crippen LogP contribution in [0.1, 0.15) is 11.3 Å². The molecule has 1 nitrogen and oxygen atoms in total. The van der Waals surface area contributed by atoms with Crippen molar-refractivity contribution in [3.05, 3.63) is 72.4 Å². The second-order valence-corrected chi connectivity index (χ2v) is 4.39. The van der Waals surface area contributed by atoms with Crippen LogP contribution in [0.25, 0.3) is 22.7 Å². The van der Waals surface area contributed by atoms with E-state index in [0.717, 1.165) is 0 Å². The highest BCUT2D eigenvalue weighted by molar-refractivity contribution is 5.92. The summed E-state index contributed by atoms with van der Waals surface area (Å²) in [6.45, 7) is 6.08. The molecule has 0 atom stereocenters. The smallest absolute Gasteiger partial charge is 0.0537 e. The van der Waals surface area contributed by atoms with Crippen molar-refractivity contribution in [3.63, 3.8) is 0 Å². The molecule has 0 bridgehead atoms. The molecule has 18 heavy (non-hydrogen) atoms. The fourth-order valence-electron chi connectivity index (χ4n) is 2.56. The van der Waals surface area contributed by atoms with Crippen LogP contribution in [0, 0.1) is 6.92 Å². The SMILES string of the molecule is C=Cc1c(C)n(-c2ccccc2)c2ccccc12. The molecule has 0 amide bonds. The monoisotopic (exact) mass is 233 g/mol. The number of nitrogens with zero attached hydrogens (tertiary/aromatic N) is 1. The van der Waals surface area contributed by atoms with Crippen molar-refractivity contribution in [1.82, 2.24) is 4.57 Å². The van der Waals surface area contributed by atoms with E-state index >= 15 is 0 Å². The molecule has 2 aromatic carbocycles. The molecule has 0 aliphatic carbocycles. The van der Waals surface area contributed by atoms with E-state index in [-0.39, 0.29) is 0 Å². The van der Waals surface area contributed by atoms with E-state index in [2.05, 4.69) is 66.6 Å². The van der Waals surface area contributed by atoms with Gasteiger partial charge in [0.1, 0.15) is 0 Å². The van der Waals surface area contributed by atoms with Gasteiger partial charge in [0, 0.05) is 22.3 Å². The Bertz CT molecular complexity index is 705. The second-order valence-electron chi connectivity index (χ2n) is 4.39. The second kappa shape index (κ2) is 4.19. The molecular formula is C17H15N. The molecule has 0 aliphatic rings. The van der Waals surface area contributed by atoms with E-state index in [1.165, 1.54) is 27.8 Å². The molecule has 0 saturated carbocycles. The first-order valence-electron chi connectivity index (χ1n) is 6.11. The summed E-state index contributed by atoms with van der Waals surface area (Å²) in [5.41, 5.74) is 4.88. The van der Waals surface area contributed by atoms with Crippen molar-refractivity contribution in [2.75, 3.05) is 0 Å². The summed E-state index contributed by atoms with van der Waals surface area (Å²) in [5.74, 6) is 0. The average Bonchev–Trinajstić information content (AvgIpc) is 2.71. The van der Waals surface area contributed by atoms with Gasteiger partial charge >= 0.3 is 0 Å². The Morgan fingerprint density at radius 2 is 1.61 bits per heavy atom. The van der Waals surface area contributed by atoms with Crippen molar-refractivity contribution >= 4 is 17.0 Å². The van der Waals surface area contributed by atoms with Gasteiger partial charge in [-0.25, -0.2) is 0 Å². The molecule has 3 rings (SSSR count). The number of hydrogen-bond donors (Lipinski definition) is 0. The Morgan fingerprint density at radius 3 is 2.33 bits per heavy atom. The number of hydrogen-bond acceptors (Lipinski definition) is 0. The first kappa shape index (κ1) is 10.8. The molecule has 1 heterocycles. The number of fused-ring (bicyclic) bond motifs is 1. The quantitative estimate of drug-likeness (QED) is 0.610. The van der Waals surface area contributed by atoms with Crippen LogP contribution in [0.15, 0.2) is 61.2 Å². The van der Waals surface area contributed by atoms with Crippen molar-refractivity contribution in [2.45, 2.75) is 6.92 Å². The molecule has 0 unspecified atom stereocenters. The Labute approximate surface area is 107 Å². The maximum atomic E-state index is 3.94. The topological polar surface area (TPSA) is 4.93 Å². The summed E-state index contributed by atoms with van der Waals surface area (Å²) in [5, 5.41) is 1.26. The Kier molecular flexibility index (Phi) is 2.52. The van der Waals surface area contributed by atoms with Crippen LogP contribution in [0.2, 0.25) is 0 Å². The van der Waals surface area contributed by atoms with E-state index in [1.54, 1.807) is 0 Å². The Morgan fingerprint density at radius 1 is 0.944 bits per heavy atom. The lowest BCUT2D eigenvalue weighted by atomic mass is 10.1. The molecule has 0 radical (unpaired) electrons. The van der Waals surface area contributed by atoms with E-state index in [0.29, 0.717) is 0 Å². The number of aromatic nitrogens is 1. The van der Waals surface area contributed by atoms with Gasteiger partial charge in [0.25, 0.3) is 0 Å². The van der Waals surface area contributed by atoms with Gasteiger partial charge in [-0.2, -0.15) is 0 Å². The lowest BCUT2D eigenvalue weighted by Gasteiger charge is -2.08. The standard InChI is InChI=1S/C17H15N/c1-3-15-13(2)18(14-9-5-4-6-10-14)17-12-8-7-11-16(15)17/h3-12H,1H2,2H3. The van der Waals surface area contributed by atoms with Crippen molar-refractivity contribution < 1.29 is 0 Å². The first-order valence-corrected chi connectivity index (χ1v) is 6.11. The molecule has 3 aromatic rings. The minimum Gasteiger partial charge on any atom is -0.313 e. The largest absolute Gasteiger partial charge is 0.313 e. The number of para-hydroxylation sites is 2. The molecule has 1 heteroatoms. The van der Waals surface area contributed by atoms with Crippen LogP contribution in [-0.4, -0.2) is 4.57 Å². The lowest BCUT2D eigenvalue weighted by molar-refractivity contribution is 1.05. The Hall–Kier alpha value is -2.28. The van der Waals surface area contributed by atoms with Crippen molar-refractivity contribution in [2.24, 2.45) is 0 Å². The van der Waals surface area contributed by atoms with Crippen LogP contribution in [0.3, 0.4) is 0 Å². The van der Waals surface area contributed by atoms with Gasteiger partial charge in [0.15, 0.2) is 0 Å². The summed E-state index contributed by atoms with van der Waals surface area (Å²) in [4.78, 5) is 0. The van der Waals surface area contributed by atoms with Gasteiger partial charge in [-0.3, -0.25) is 0 Å². The fraction of sp³-hybridized carbons (Fsp3) is 0.0588. The van der Waals surface area contributed by atoms with E-state index in [1.807, 2.05) is 12.1 Å². The third kappa shape index (κ3) is 1.48. The maximum absolute atomic E-state index is 3.94. The maximum Gasteiger partial charge on any atom is 0.0537 e. The average molecular weight is 233 g/mol. The summed E-state index contributed by atoms with van der Waals surface area (Å²) in [6.07, 6.45) is 1.94. The predicted octanol–water partition coefficient (Wildman–Crippen LogP) is 4.58. The summed E-state index contributed by atoms with van der Waals surface area (Å²) in [7, 11) is 0. The van der Waals surface area contributed by atoms with E-state index < -0.39 is 0 Å². The summed E-state index contributed by atoms with van der Waals surface area (Å²) >= 11 is 0. The van der Waals surface area contributed by atoms with Crippen molar-refractivity contribution in [1.29, 1.82) is 0 Å². The van der Waals surface area contributed by atoms with Crippen molar-refractivity contribution in [3.8, 4) is 5.69 Å². The fourth-order valence-corrected chi connectivity index (χ4v) is 2.56. The van der Waals surface area contributed by atoms with Crippen LogP contribution in [0.5, 0.6) is 0 Å². The Balaban J connectivity index is 2.43. The highest BCUT2D eigenvalue weighted by Gasteiger charge is 2.11. The molecule has 0 spiro atoms. The zero-order valence-electron chi connectivity index (χ0n) is 10.4. The third-order valence-corrected chi connectivity index (χ3v) is 3.38. The minimum atomic E-state index is 1.19. The van der Waals surface area contributed by atoms with Crippen LogP contribution in [0.4, 0.5) is 0 Å². The van der Waals surface area contributed by atoms with Crippen LogP contribution in [-0.2, 0) is 0 Å². The normalized spacial score (nSPS) is 10.7. The van der Waals surface area contributed by atoms with Crippen LogP contribution >= 0.6 is 0 Å². The molecule has 0 fully saturated rings. The van der Waals surface area contributed by atoms with Gasteiger partial charge in [-0.15, -0.1) is 0 Å². The predicted molar refractivity (Wildman–Crippen MR) is 78.1 cm³/mol. The molecule has 1 aromatic heterocycles. The number of benzene rings is 2. The molecule has 0 saturated heterocycles. The van der Waals surface area contributed by atoms with Gasteiger partial charge in [-0.05, 0) is 25.1 Å². The van der Waals surface area contributed by atoms with E-state index in [4.69, 9.17) is 0 Å². The molecule has 0 N–H and O–H groups in total. The highest BCUT2D eigenvalue weighted by Crippen LogP contribution is 2.29. The zero-order chi connectivity index (χ0) is 12.5. The van der Waals surface area contributed by atoms with Gasteiger partial charge < -0.3 is 4.57 Å². The molecule has 88 valence electrons. The van der Waals surface area contributed by atoms with Gasteiger partial charge in [0.05, 0.1) is 5.52 Å². The first-order chi connectivity index (χ1) is 8.83. The molecule has 0 aliphatic heterocycles. The van der Waals surface area contributed by atoms with Gasteiger partial charge in [0.2, 0.25) is 0 Å². The van der Waals surface area contributed by atoms with Gasteiger partial charge in [-0.1, -0.05) is 49.1 Å². The third-order valence-electron chi connectivity index (χ3n) is 3.38. The zero-order valence-corrected chi connectivity index (χ0v) is 10.4. The summed E-state index contributed by atoms with van der Waals surface area (Å²) in [6, 6.07) is 18.9. The summed E-state index contributed by atoms with van der Waals surface area (Å²) < 4.78 is 2.28. The minimum absolute atomic E-state index is 1.19. The molecular weight excluding hydrogens is 218 g/mol.